The number of rotatable bonds is 1. The molecule has 2 aliphatic rings. The lowest BCUT2D eigenvalue weighted by atomic mass is 9.86. The molecule has 1 heteroatoms. The number of allylic oxidation sites excluding steroid dienone is 3. The van der Waals surface area contributed by atoms with Crippen molar-refractivity contribution >= 4 is 0 Å². The van der Waals surface area contributed by atoms with Crippen molar-refractivity contribution < 1.29 is 4.74 Å². The van der Waals surface area contributed by atoms with Gasteiger partial charge in [-0.25, -0.2) is 0 Å². The summed E-state index contributed by atoms with van der Waals surface area (Å²) in [7, 11) is 0. The van der Waals surface area contributed by atoms with Gasteiger partial charge in [0.1, 0.15) is 0 Å². The van der Waals surface area contributed by atoms with Crippen LogP contribution >= 0.6 is 0 Å². The van der Waals surface area contributed by atoms with E-state index in [-0.39, 0.29) is 0 Å². The van der Waals surface area contributed by atoms with E-state index in [4.69, 9.17) is 4.74 Å². The molecule has 0 aromatic rings. The van der Waals surface area contributed by atoms with E-state index in [1.807, 2.05) is 0 Å². The van der Waals surface area contributed by atoms with Crippen molar-refractivity contribution in [3.8, 4) is 0 Å². The Labute approximate surface area is 74.1 Å². The highest BCUT2D eigenvalue weighted by Crippen LogP contribution is 2.35. The van der Waals surface area contributed by atoms with Crippen LogP contribution in [0.15, 0.2) is 23.8 Å². The molecule has 0 spiro atoms. The summed E-state index contributed by atoms with van der Waals surface area (Å²) in [5.41, 5.74) is 1.49. The smallest absolute Gasteiger partial charge is 0.0618 e. The van der Waals surface area contributed by atoms with Crippen LogP contribution in [0.25, 0.3) is 0 Å². The molecule has 66 valence electrons. The van der Waals surface area contributed by atoms with E-state index < -0.39 is 0 Å². The average molecular weight is 164 g/mol. The quantitative estimate of drug-likeness (QED) is 0.578. The minimum absolute atomic E-state index is 0.411. The van der Waals surface area contributed by atoms with Gasteiger partial charge < -0.3 is 4.74 Å². The Morgan fingerprint density at radius 3 is 2.75 bits per heavy atom. The van der Waals surface area contributed by atoms with Gasteiger partial charge in [0, 0.05) is 5.92 Å². The summed E-state index contributed by atoms with van der Waals surface area (Å²) >= 11 is 0. The molecule has 1 heterocycles. The van der Waals surface area contributed by atoms with Gasteiger partial charge >= 0.3 is 0 Å². The van der Waals surface area contributed by atoms with Crippen molar-refractivity contribution in [2.75, 3.05) is 6.61 Å². The Morgan fingerprint density at radius 1 is 1.42 bits per heavy atom. The first-order valence-corrected chi connectivity index (χ1v) is 4.77. The van der Waals surface area contributed by atoms with Crippen LogP contribution in [-0.2, 0) is 4.74 Å². The predicted molar refractivity (Wildman–Crippen MR) is 49.9 cm³/mol. The van der Waals surface area contributed by atoms with Crippen molar-refractivity contribution in [3.05, 3.63) is 23.8 Å². The number of ether oxygens (including phenoxy) is 1. The predicted octanol–water partition coefficient (Wildman–Crippen LogP) is 2.54. The fourth-order valence-corrected chi connectivity index (χ4v) is 2.30. The summed E-state index contributed by atoms with van der Waals surface area (Å²) in [6, 6.07) is 0. The van der Waals surface area contributed by atoms with Gasteiger partial charge in [-0.1, -0.05) is 25.2 Å². The van der Waals surface area contributed by atoms with E-state index in [0.29, 0.717) is 17.9 Å². The summed E-state index contributed by atoms with van der Waals surface area (Å²) in [5.74, 6) is 1.33. The molecular weight excluding hydrogens is 148 g/mol. The fraction of sp³-hybridized carbons (Fsp3) is 0.636. The van der Waals surface area contributed by atoms with E-state index in [1.54, 1.807) is 0 Å². The van der Waals surface area contributed by atoms with Crippen LogP contribution in [0, 0.1) is 11.8 Å². The van der Waals surface area contributed by atoms with Crippen molar-refractivity contribution in [1.29, 1.82) is 0 Å². The molecule has 0 amide bonds. The third kappa shape index (κ3) is 1.22. The Kier molecular flexibility index (Phi) is 2.05. The van der Waals surface area contributed by atoms with Gasteiger partial charge in [-0.05, 0) is 24.8 Å². The molecule has 0 aromatic heterocycles. The van der Waals surface area contributed by atoms with Gasteiger partial charge in [-0.2, -0.15) is 0 Å². The van der Waals surface area contributed by atoms with Crippen LogP contribution in [0.4, 0.5) is 0 Å². The summed E-state index contributed by atoms with van der Waals surface area (Å²) in [5, 5.41) is 0. The molecule has 1 fully saturated rings. The number of hydrogen-bond donors (Lipinski definition) is 0. The second-order valence-corrected chi connectivity index (χ2v) is 3.88. The minimum atomic E-state index is 0.411. The van der Waals surface area contributed by atoms with Crippen molar-refractivity contribution in [2.24, 2.45) is 11.8 Å². The van der Waals surface area contributed by atoms with E-state index in [2.05, 4.69) is 32.1 Å². The van der Waals surface area contributed by atoms with E-state index in [9.17, 15) is 0 Å². The third-order valence-corrected chi connectivity index (χ3v) is 2.93. The zero-order valence-electron chi connectivity index (χ0n) is 7.79. The Bertz CT molecular complexity index is 217. The highest BCUT2D eigenvalue weighted by atomic mass is 16.5. The zero-order chi connectivity index (χ0) is 8.55. The van der Waals surface area contributed by atoms with Gasteiger partial charge in [0.25, 0.3) is 0 Å². The molecule has 1 nitrogen and oxygen atoms in total. The van der Waals surface area contributed by atoms with E-state index in [0.717, 1.165) is 13.0 Å². The van der Waals surface area contributed by atoms with Crippen LogP contribution in [0.3, 0.4) is 0 Å². The summed E-state index contributed by atoms with van der Waals surface area (Å²) in [6.07, 6.45) is 8.34. The van der Waals surface area contributed by atoms with Gasteiger partial charge in [-0.15, -0.1) is 0 Å². The van der Waals surface area contributed by atoms with Gasteiger partial charge in [0.2, 0.25) is 0 Å². The Balaban J connectivity index is 2.15. The van der Waals surface area contributed by atoms with E-state index >= 15 is 0 Å². The first kappa shape index (κ1) is 8.06. The van der Waals surface area contributed by atoms with Crippen LogP contribution < -0.4 is 0 Å². The van der Waals surface area contributed by atoms with Crippen LogP contribution in [0.5, 0.6) is 0 Å². The van der Waals surface area contributed by atoms with Crippen molar-refractivity contribution in [3.63, 3.8) is 0 Å². The monoisotopic (exact) mass is 164 g/mol. The van der Waals surface area contributed by atoms with Crippen LogP contribution in [0.2, 0.25) is 0 Å². The minimum Gasteiger partial charge on any atom is -0.378 e. The number of hydrogen-bond acceptors (Lipinski definition) is 1. The standard InChI is InChI=1S/C11H16O/c1-8-7-12-9(2)11(8)10-5-3-4-6-10/h3,5-6,8-9,11H,4,7H2,1-2H3. The molecule has 3 atom stereocenters. The normalized spacial score (nSPS) is 40.5. The maximum absolute atomic E-state index is 5.62. The van der Waals surface area contributed by atoms with Gasteiger partial charge in [0.05, 0.1) is 12.7 Å². The van der Waals surface area contributed by atoms with Crippen LogP contribution in [0.1, 0.15) is 20.3 Å². The van der Waals surface area contributed by atoms with Crippen molar-refractivity contribution in [1.82, 2.24) is 0 Å². The molecule has 1 saturated heterocycles. The van der Waals surface area contributed by atoms with Crippen molar-refractivity contribution in [2.45, 2.75) is 26.4 Å². The summed E-state index contributed by atoms with van der Waals surface area (Å²) in [4.78, 5) is 0. The summed E-state index contributed by atoms with van der Waals surface area (Å²) < 4.78 is 5.62. The molecule has 12 heavy (non-hydrogen) atoms. The third-order valence-electron chi connectivity index (χ3n) is 2.93. The lowest BCUT2D eigenvalue weighted by Crippen LogP contribution is -2.17. The average Bonchev–Trinajstić information content (AvgIpc) is 2.61. The molecule has 3 unspecified atom stereocenters. The Morgan fingerprint density at radius 2 is 2.25 bits per heavy atom. The molecular formula is C11H16O. The van der Waals surface area contributed by atoms with Crippen LogP contribution in [-0.4, -0.2) is 12.7 Å². The fourth-order valence-electron chi connectivity index (χ4n) is 2.30. The highest BCUT2D eigenvalue weighted by Gasteiger charge is 2.33. The van der Waals surface area contributed by atoms with Gasteiger partial charge in [-0.3, -0.25) is 0 Å². The molecule has 0 aromatic carbocycles. The maximum atomic E-state index is 5.62. The highest BCUT2D eigenvalue weighted by molar-refractivity contribution is 5.30. The maximum Gasteiger partial charge on any atom is 0.0618 e. The lowest BCUT2D eigenvalue weighted by Gasteiger charge is -2.17. The largest absolute Gasteiger partial charge is 0.378 e. The molecule has 0 radical (unpaired) electrons. The SMILES string of the molecule is CC1COC(C)C1C1=CCC=C1. The van der Waals surface area contributed by atoms with E-state index in [1.165, 1.54) is 5.57 Å². The second-order valence-electron chi connectivity index (χ2n) is 3.88. The second kappa shape index (κ2) is 3.06. The topological polar surface area (TPSA) is 9.23 Å². The van der Waals surface area contributed by atoms with Gasteiger partial charge in [0.15, 0.2) is 0 Å². The molecule has 1 aliphatic carbocycles. The lowest BCUT2D eigenvalue weighted by molar-refractivity contribution is 0.111. The first-order chi connectivity index (χ1) is 5.79. The summed E-state index contributed by atoms with van der Waals surface area (Å²) in [6.45, 7) is 5.39. The zero-order valence-corrected chi connectivity index (χ0v) is 7.79. The molecule has 2 rings (SSSR count). The molecule has 1 aliphatic heterocycles. The first-order valence-electron chi connectivity index (χ1n) is 4.77. The molecule has 0 bridgehead atoms. The molecule has 0 N–H and O–H groups in total. The Hall–Kier alpha value is -0.560. The molecule has 0 saturated carbocycles.